The van der Waals surface area contributed by atoms with E-state index in [-0.39, 0.29) is 11.0 Å². The predicted molar refractivity (Wildman–Crippen MR) is 102 cm³/mol. The Labute approximate surface area is 156 Å². The summed E-state index contributed by atoms with van der Waals surface area (Å²) < 4.78 is 1.86. The number of aliphatic hydroxyl groups is 1. The minimum atomic E-state index is -1.18. The fourth-order valence-electron chi connectivity index (χ4n) is 2.80. The molecule has 1 heterocycles. The lowest BCUT2D eigenvalue weighted by atomic mass is 10.0. The molecular weight excluding hydrogens is 357 g/mol. The number of rotatable bonds is 4. The molecule has 0 amide bonds. The molecule has 1 N–H and O–H groups in total. The van der Waals surface area contributed by atoms with E-state index in [4.69, 9.17) is 23.2 Å². The van der Waals surface area contributed by atoms with E-state index in [9.17, 15) is 9.90 Å². The van der Waals surface area contributed by atoms with Crippen LogP contribution in [0, 0.1) is 6.92 Å². The lowest BCUT2D eigenvalue weighted by Gasteiger charge is -2.16. The molecule has 0 radical (unpaired) electrons. The van der Waals surface area contributed by atoms with Crippen LogP contribution in [0.2, 0.25) is 10.0 Å². The van der Waals surface area contributed by atoms with Gasteiger partial charge in [0, 0.05) is 46.2 Å². The van der Waals surface area contributed by atoms with Crippen LogP contribution in [-0.4, -0.2) is 9.67 Å². The Morgan fingerprint density at radius 1 is 1.08 bits per heavy atom. The Kier molecular flexibility index (Phi) is 5.28. The van der Waals surface area contributed by atoms with Crippen molar-refractivity contribution in [3.63, 3.8) is 0 Å². The fourth-order valence-corrected chi connectivity index (χ4v) is 3.40. The first kappa shape index (κ1) is 17.7. The van der Waals surface area contributed by atoms with Crippen molar-refractivity contribution in [1.82, 2.24) is 4.57 Å². The number of pyridine rings is 1. The summed E-state index contributed by atoms with van der Waals surface area (Å²) in [5, 5.41) is 11.3. The minimum absolute atomic E-state index is 0.241. The zero-order valence-corrected chi connectivity index (χ0v) is 15.1. The van der Waals surface area contributed by atoms with Crippen molar-refractivity contribution in [1.29, 1.82) is 0 Å². The molecule has 0 fully saturated rings. The highest BCUT2D eigenvalue weighted by Gasteiger charge is 2.20. The maximum absolute atomic E-state index is 12.3. The summed E-state index contributed by atoms with van der Waals surface area (Å²) in [6.07, 6.45) is 2.17. The first-order valence-corrected chi connectivity index (χ1v) is 8.59. The van der Waals surface area contributed by atoms with Gasteiger partial charge in [0.1, 0.15) is 6.10 Å². The molecule has 0 aliphatic rings. The molecule has 128 valence electrons. The third kappa shape index (κ3) is 3.96. The summed E-state index contributed by atoms with van der Waals surface area (Å²) >= 11 is 12.3. The van der Waals surface area contributed by atoms with E-state index in [0.29, 0.717) is 22.2 Å². The van der Waals surface area contributed by atoms with Crippen molar-refractivity contribution in [3.05, 3.63) is 103 Å². The molecule has 1 atom stereocenters. The van der Waals surface area contributed by atoms with Crippen molar-refractivity contribution in [2.45, 2.75) is 19.6 Å². The van der Waals surface area contributed by atoms with Crippen molar-refractivity contribution in [3.8, 4) is 0 Å². The molecule has 0 saturated heterocycles. The molecule has 25 heavy (non-hydrogen) atoms. The smallest absolute Gasteiger partial charge is 0.187 e. The van der Waals surface area contributed by atoms with Crippen LogP contribution in [0.15, 0.2) is 65.7 Å². The first-order valence-electron chi connectivity index (χ1n) is 7.83. The van der Waals surface area contributed by atoms with E-state index in [1.165, 1.54) is 11.6 Å². The average Bonchev–Trinajstić information content (AvgIpc) is 2.56. The summed E-state index contributed by atoms with van der Waals surface area (Å²) in [4.78, 5) is 12.3. The van der Waals surface area contributed by atoms with Crippen LogP contribution in [0.25, 0.3) is 0 Å². The maximum atomic E-state index is 12.3. The second-order valence-electron chi connectivity index (χ2n) is 5.96. The van der Waals surface area contributed by atoms with Gasteiger partial charge in [-0.1, -0.05) is 59.1 Å². The summed E-state index contributed by atoms with van der Waals surface area (Å²) in [6.45, 7) is 2.63. The van der Waals surface area contributed by atoms with Crippen LogP contribution in [0.4, 0.5) is 0 Å². The number of benzene rings is 2. The zero-order chi connectivity index (χ0) is 18.0. The molecule has 0 aliphatic heterocycles. The van der Waals surface area contributed by atoms with Crippen molar-refractivity contribution >= 4 is 23.2 Å². The van der Waals surface area contributed by atoms with Gasteiger partial charge in [0.15, 0.2) is 5.43 Å². The molecule has 3 aromatic rings. The van der Waals surface area contributed by atoms with E-state index >= 15 is 0 Å². The van der Waals surface area contributed by atoms with Gasteiger partial charge >= 0.3 is 0 Å². The van der Waals surface area contributed by atoms with Gasteiger partial charge in [-0.2, -0.15) is 0 Å². The number of aryl methyl sites for hydroxylation is 1. The van der Waals surface area contributed by atoms with Crippen LogP contribution in [0.5, 0.6) is 0 Å². The number of aromatic nitrogens is 1. The second-order valence-corrected chi connectivity index (χ2v) is 6.78. The van der Waals surface area contributed by atoms with Crippen molar-refractivity contribution < 1.29 is 5.11 Å². The second kappa shape index (κ2) is 7.44. The average molecular weight is 374 g/mol. The summed E-state index contributed by atoms with van der Waals surface area (Å²) in [5.74, 6) is 0. The van der Waals surface area contributed by atoms with E-state index in [1.807, 2.05) is 29.7 Å². The number of hydrogen-bond acceptors (Lipinski definition) is 2. The summed E-state index contributed by atoms with van der Waals surface area (Å²) in [6, 6.07) is 14.5. The molecule has 1 aromatic heterocycles. The van der Waals surface area contributed by atoms with Crippen LogP contribution >= 0.6 is 23.2 Å². The van der Waals surface area contributed by atoms with Gasteiger partial charge in [-0.3, -0.25) is 4.79 Å². The lowest BCUT2D eigenvalue weighted by molar-refractivity contribution is 0.218. The van der Waals surface area contributed by atoms with E-state index in [2.05, 4.69) is 6.07 Å². The molecule has 1 unspecified atom stereocenters. The fraction of sp³-hybridized carbons (Fsp3) is 0.150. The molecule has 0 aliphatic carbocycles. The van der Waals surface area contributed by atoms with Gasteiger partial charge in [0.25, 0.3) is 0 Å². The molecule has 0 bridgehead atoms. The Morgan fingerprint density at radius 3 is 2.44 bits per heavy atom. The number of nitrogens with zero attached hydrogens (tertiary/aromatic N) is 1. The molecular formula is C20H17Cl2NO2. The molecule has 2 aromatic carbocycles. The Hall–Kier alpha value is -2.07. The molecule has 0 spiro atoms. The SMILES string of the molecule is Cc1cccc(Cn2ccc(=O)c(C(O)c3c(Cl)cccc3Cl)c2)c1. The quantitative estimate of drug-likeness (QED) is 0.726. The van der Waals surface area contributed by atoms with E-state index in [1.54, 1.807) is 30.6 Å². The lowest BCUT2D eigenvalue weighted by Crippen LogP contribution is -2.17. The van der Waals surface area contributed by atoms with Crippen LogP contribution in [0.3, 0.4) is 0 Å². The van der Waals surface area contributed by atoms with Crippen LogP contribution in [-0.2, 0) is 6.54 Å². The Balaban J connectivity index is 1.98. The molecule has 3 nitrogen and oxygen atoms in total. The van der Waals surface area contributed by atoms with Gasteiger partial charge in [0.05, 0.1) is 0 Å². The summed E-state index contributed by atoms with van der Waals surface area (Å²) in [5.41, 5.74) is 2.60. The van der Waals surface area contributed by atoms with Gasteiger partial charge < -0.3 is 9.67 Å². The molecule has 3 rings (SSSR count). The van der Waals surface area contributed by atoms with E-state index < -0.39 is 6.10 Å². The summed E-state index contributed by atoms with van der Waals surface area (Å²) in [7, 11) is 0. The standard InChI is InChI=1S/C20H17Cl2NO2/c1-13-4-2-5-14(10-13)11-23-9-8-18(24)15(12-23)20(25)19-16(21)6-3-7-17(19)22/h2-10,12,20,25H,11H2,1H3. The van der Waals surface area contributed by atoms with E-state index in [0.717, 1.165) is 5.56 Å². The third-order valence-corrected chi connectivity index (χ3v) is 4.68. The highest BCUT2D eigenvalue weighted by Crippen LogP contribution is 2.32. The molecule has 5 heteroatoms. The van der Waals surface area contributed by atoms with Crippen LogP contribution in [0.1, 0.15) is 28.4 Å². The topological polar surface area (TPSA) is 42.2 Å². The zero-order valence-electron chi connectivity index (χ0n) is 13.6. The maximum Gasteiger partial charge on any atom is 0.187 e. The van der Waals surface area contributed by atoms with Gasteiger partial charge in [-0.25, -0.2) is 0 Å². The largest absolute Gasteiger partial charge is 0.383 e. The molecule has 0 saturated carbocycles. The van der Waals surface area contributed by atoms with Crippen molar-refractivity contribution in [2.24, 2.45) is 0 Å². The minimum Gasteiger partial charge on any atom is -0.383 e. The number of hydrogen-bond donors (Lipinski definition) is 1. The monoisotopic (exact) mass is 373 g/mol. The highest BCUT2D eigenvalue weighted by molar-refractivity contribution is 6.36. The predicted octanol–water partition coefficient (Wildman–Crippen LogP) is 4.59. The number of halogens is 2. The Bertz CT molecular complexity index is 946. The number of aliphatic hydroxyl groups excluding tert-OH is 1. The van der Waals surface area contributed by atoms with Crippen molar-refractivity contribution in [2.75, 3.05) is 0 Å². The first-order chi connectivity index (χ1) is 12.0. The third-order valence-electron chi connectivity index (χ3n) is 4.02. The Morgan fingerprint density at radius 2 is 1.76 bits per heavy atom. The normalized spacial score (nSPS) is 12.2. The highest BCUT2D eigenvalue weighted by atomic mass is 35.5. The van der Waals surface area contributed by atoms with Gasteiger partial charge in [0.2, 0.25) is 0 Å². The van der Waals surface area contributed by atoms with Crippen LogP contribution < -0.4 is 5.43 Å². The van der Waals surface area contributed by atoms with Gasteiger partial charge in [-0.05, 0) is 24.6 Å². The van der Waals surface area contributed by atoms with Gasteiger partial charge in [-0.15, -0.1) is 0 Å².